The third kappa shape index (κ3) is 10.9. The second-order valence-corrected chi connectivity index (χ2v) is 16.0. The Labute approximate surface area is 279 Å². The van der Waals surface area contributed by atoms with E-state index in [0.717, 1.165) is 4.90 Å². The molecule has 2 fully saturated rings. The van der Waals surface area contributed by atoms with E-state index in [1.54, 1.807) is 14.0 Å². The number of ether oxygens (including phenoxy) is 5. The number of alkyl halides is 6. The number of hydrogen-bond donors (Lipinski definition) is 1. The number of aliphatic hydroxyl groups is 1. The summed E-state index contributed by atoms with van der Waals surface area (Å²) in [7, 11) is 3.03. The van der Waals surface area contributed by atoms with E-state index in [2.05, 4.69) is 0 Å². The van der Waals surface area contributed by atoms with Crippen molar-refractivity contribution in [3.8, 4) is 0 Å². The Morgan fingerprint density at radius 2 is 1.55 bits per heavy atom. The highest BCUT2D eigenvalue weighted by molar-refractivity contribution is 7.99. The molecule has 0 aromatic heterocycles. The van der Waals surface area contributed by atoms with Gasteiger partial charge in [-0.05, 0) is 25.5 Å². The summed E-state index contributed by atoms with van der Waals surface area (Å²) in [5, 5.41) is 11.5. The summed E-state index contributed by atoms with van der Waals surface area (Å²) in [6.07, 6.45) is -3.79. The SMILES string of the molecule is C[C@H]1O[C@@H](O[C@@H]2CO[C@H](Sc3ccccc3)[C@H](N(C)C(=O)OCC(Cl)(Cl)Cl)[C@H]2O)CC[C@@H]1N(C)C(=O)OCC(Cl)(Cl)Cl. The first-order valence-corrected chi connectivity index (χ1v) is 16.0. The molecule has 2 heterocycles. The van der Waals surface area contributed by atoms with E-state index in [1.807, 2.05) is 30.3 Å². The highest BCUT2D eigenvalue weighted by atomic mass is 35.6. The summed E-state index contributed by atoms with van der Waals surface area (Å²) in [4.78, 5) is 28.7. The summed E-state index contributed by atoms with van der Waals surface area (Å²) in [6.45, 7) is 0.935. The molecule has 0 bridgehead atoms. The van der Waals surface area contributed by atoms with Crippen LogP contribution in [-0.4, -0.2) is 111 Å². The topological polar surface area (TPSA) is 107 Å². The molecule has 2 aliphatic rings. The van der Waals surface area contributed by atoms with Crippen molar-refractivity contribution in [3.63, 3.8) is 0 Å². The van der Waals surface area contributed by atoms with Gasteiger partial charge >= 0.3 is 12.2 Å². The van der Waals surface area contributed by atoms with Crippen LogP contribution in [-0.2, 0) is 23.7 Å². The lowest BCUT2D eigenvalue weighted by Gasteiger charge is -2.45. The number of aliphatic hydroxyl groups excluding tert-OH is 1. The molecule has 7 atom stereocenters. The Balaban J connectivity index is 1.65. The molecule has 1 aromatic rings. The van der Waals surface area contributed by atoms with Crippen LogP contribution in [0.3, 0.4) is 0 Å². The zero-order chi connectivity index (χ0) is 31.2. The molecule has 0 radical (unpaired) electrons. The number of carbonyl (C=O) groups is 2. The van der Waals surface area contributed by atoms with Crippen LogP contribution in [0.5, 0.6) is 0 Å². The number of thioether (sulfide) groups is 1. The number of hydrogen-bond acceptors (Lipinski definition) is 9. The third-order valence-corrected chi connectivity index (χ3v) is 8.45. The van der Waals surface area contributed by atoms with E-state index < -0.39 is 69.1 Å². The third-order valence-electron chi connectivity index (χ3n) is 6.60. The summed E-state index contributed by atoms with van der Waals surface area (Å²) >= 11 is 35.5. The second-order valence-electron chi connectivity index (χ2n) is 9.77. The normalized spacial score (nSPS) is 28.6. The van der Waals surface area contributed by atoms with Crippen LogP contribution in [0, 0.1) is 0 Å². The lowest BCUT2D eigenvalue weighted by molar-refractivity contribution is -0.261. The number of nitrogens with zero attached hydrogens (tertiary/aromatic N) is 2. The number of benzene rings is 1. The summed E-state index contributed by atoms with van der Waals surface area (Å²) in [6, 6.07) is 8.16. The molecule has 0 aliphatic carbocycles. The van der Waals surface area contributed by atoms with E-state index >= 15 is 0 Å². The van der Waals surface area contributed by atoms with Gasteiger partial charge in [0.15, 0.2) is 6.29 Å². The van der Waals surface area contributed by atoms with Crippen LogP contribution >= 0.6 is 81.4 Å². The van der Waals surface area contributed by atoms with Crippen LogP contribution in [0.25, 0.3) is 0 Å². The molecule has 10 nitrogen and oxygen atoms in total. The molecule has 3 rings (SSSR count). The standard InChI is InChI=1S/C25H32Cl6N2O8S/c1-14-16(32(2)22(35)38-12-24(26,27)28)9-10-18(40-14)41-17-11-37-21(42-15-7-5-4-6-8-15)19(20(17)34)33(3)23(36)39-13-25(29,30)31/h4-8,14,16-21,34H,9-13H2,1-3H3/t14-,16+,17-,18+,19-,20+,21-/m1/s1. The van der Waals surface area contributed by atoms with Crippen molar-refractivity contribution in [3.05, 3.63) is 30.3 Å². The molecular formula is C25H32Cl6N2O8S. The molecule has 2 aliphatic heterocycles. The van der Waals surface area contributed by atoms with Crippen LogP contribution in [0.1, 0.15) is 19.8 Å². The molecular weight excluding hydrogens is 701 g/mol. The van der Waals surface area contributed by atoms with E-state index in [-0.39, 0.29) is 12.6 Å². The molecule has 0 saturated carbocycles. The van der Waals surface area contributed by atoms with Gasteiger partial charge in [-0.15, -0.1) is 0 Å². The number of carbonyl (C=O) groups excluding carboxylic acids is 2. The number of likely N-dealkylation sites (N-methyl/N-ethyl adjacent to an activating group) is 2. The van der Waals surface area contributed by atoms with Gasteiger partial charge in [-0.2, -0.15) is 0 Å². The number of halogens is 6. The van der Waals surface area contributed by atoms with Gasteiger partial charge in [-0.1, -0.05) is 99.6 Å². The predicted octanol–water partition coefficient (Wildman–Crippen LogP) is 6.02. The molecule has 42 heavy (non-hydrogen) atoms. The van der Waals surface area contributed by atoms with Crippen LogP contribution in [0.4, 0.5) is 9.59 Å². The van der Waals surface area contributed by atoms with Gasteiger partial charge < -0.3 is 38.6 Å². The average Bonchev–Trinajstić information content (AvgIpc) is 2.91. The Morgan fingerprint density at radius 1 is 0.976 bits per heavy atom. The first-order valence-electron chi connectivity index (χ1n) is 12.8. The van der Waals surface area contributed by atoms with Crippen LogP contribution < -0.4 is 0 Å². The zero-order valence-corrected chi connectivity index (χ0v) is 28.2. The van der Waals surface area contributed by atoms with Gasteiger partial charge in [0.25, 0.3) is 0 Å². The number of amides is 2. The molecule has 17 heteroatoms. The second kappa shape index (κ2) is 15.8. The maximum atomic E-state index is 12.9. The molecule has 1 N–H and O–H groups in total. The largest absolute Gasteiger partial charge is 0.445 e. The van der Waals surface area contributed by atoms with Crippen molar-refractivity contribution in [2.75, 3.05) is 33.9 Å². The van der Waals surface area contributed by atoms with Gasteiger partial charge in [0.05, 0.1) is 24.8 Å². The first kappa shape index (κ1) is 36.2. The molecule has 2 saturated heterocycles. The highest BCUT2D eigenvalue weighted by Gasteiger charge is 2.47. The van der Waals surface area contributed by atoms with Crippen molar-refractivity contribution in [1.82, 2.24) is 9.80 Å². The van der Waals surface area contributed by atoms with E-state index in [1.165, 1.54) is 28.6 Å². The Bertz CT molecular complexity index is 1040. The quantitative estimate of drug-likeness (QED) is 0.321. The number of rotatable bonds is 8. The fraction of sp³-hybridized carbons (Fsp3) is 0.680. The smallest absolute Gasteiger partial charge is 0.410 e. The molecule has 1 aromatic carbocycles. The van der Waals surface area contributed by atoms with Gasteiger partial charge in [-0.25, -0.2) is 9.59 Å². The Hall–Kier alpha value is -0.310. The van der Waals surface area contributed by atoms with Gasteiger partial charge in [-0.3, -0.25) is 0 Å². The zero-order valence-electron chi connectivity index (χ0n) is 22.8. The highest BCUT2D eigenvalue weighted by Crippen LogP contribution is 2.36. The summed E-state index contributed by atoms with van der Waals surface area (Å²) in [5.74, 6) is 0. The fourth-order valence-corrected chi connectivity index (χ4v) is 6.07. The maximum absolute atomic E-state index is 12.9. The minimum atomic E-state index is -1.80. The van der Waals surface area contributed by atoms with E-state index in [9.17, 15) is 14.7 Å². The van der Waals surface area contributed by atoms with E-state index in [0.29, 0.717) is 12.8 Å². The van der Waals surface area contributed by atoms with Crippen LogP contribution in [0.2, 0.25) is 0 Å². The lowest BCUT2D eigenvalue weighted by Crippen LogP contribution is -2.61. The van der Waals surface area contributed by atoms with Gasteiger partial charge in [0, 0.05) is 25.4 Å². The van der Waals surface area contributed by atoms with Crippen LogP contribution in [0.15, 0.2) is 35.2 Å². The maximum Gasteiger partial charge on any atom is 0.410 e. The Kier molecular flexibility index (Phi) is 13.6. The fourth-order valence-electron chi connectivity index (χ4n) is 4.53. The monoisotopic (exact) mass is 730 g/mol. The minimum absolute atomic E-state index is 0.0279. The van der Waals surface area contributed by atoms with Crippen molar-refractivity contribution < 1.29 is 38.4 Å². The minimum Gasteiger partial charge on any atom is -0.445 e. The van der Waals surface area contributed by atoms with Crippen molar-refractivity contribution in [2.45, 2.75) is 74.4 Å². The van der Waals surface area contributed by atoms with E-state index in [4.69, 9.17) is 93.3 Å². The molecule has 0 unspecified atom stereocenters. The molecule has 238 valence electrons. The van der Waals surface area contributed by atoms with Crippen molar-refractivity contribution in [1.29, 1.82) is 0 Å². The van der Waals surface area contributed by atoms with Gasteiger partial charge in [0.1, 0.15) is 30.9 Å². The van der Waals surface area contributed by atoms with Crippen molar-refractivity contribution in [2.24, 2.45) is 0 Å². The molecule has 2 amide bonds. The Morgan fingerprint density at radius 3 is 2.10 bits per heavy atom. The summed E-state index contributed by atoms with van der Waals surface area (Å²) in [5.41, 5.74) is -0.671. The average molecular weight is 733 g/mol. The predicted molar refractivity (Wildman–Crippen MR) is 163 cm³/mol. The summed E-state index contributed by atoms with van der Waals surface area (Å²) < 4.78 is 24.9. The molecule has 0 spiro atoms. The first-order chi connectivity index (χ1) is 19.6. The van der Waals surface area contributed by atoms with Gasteiger partial charge in [0.2, 0.25) is 7.59 Å². The lowest BCUT2D eigenvalue weighted by atomic mass is 10.0. The van der Waals surface area contributed by atoms with Crippen molar-refractivity contribution >= 4 is 93.6 Å².